The number of ether oxygens (including phenoxy) is 1. The van der Waals surface area contributed by atoms with E-state index in [0.717, 1.165) is 0 Å². The second kappa shape index (κ2) is 4.73. The van der Waals surface area contributed by atoms with Gasteiger partial charge in [-0.15, -0.1) is 0 Å². The summed E-state index contributed by atoms with van der Waals surface area (Å²) in [5.74, 6) is -1.90. The Morgan fingerprint density at radius 3 is 2.29 bits per heavy atom. The molecule has 1 fully saturated rings. The molecule has 0 saturated carbocycles. The van der Waals surface area contributed by atoms with Crippen LogP contribution in [0.4, 0.5) is 4.79 Å². The predicted octanol–water partition coefficient (Wildman–Crippen LogP) is 0.420. The average Bonchev–Trinajstić information content (AvgIpc) is 2.54. The summed E-state index contributed by atoms with van der Waals surface area (Å²) in [4.78, 5) is 34.9. The molecule has 1 aliphatic rings. The summed E-state index contributed by atoms with van der Waals surface area (Å²) in [6, 6.07) is -0.570. The lowest BCUT2D eigenvalue weighted by Crippen LogP contribution is -2.58. The maximum absolute atomic E-state index is 11.9. The highest BCUT2D eigenvalue weighted by molar-refractivity contribution is 6.09. The molecule has 0 aromatic rings. The molecule has 2 N–H and O–H groups in total. The molecule has 0 spiro atoms. The Bertz CT molecular complexity index is 353. The molecule has 1 aliphatic heterocycles. The van der Waals surface area contributed by atoms with Gasteiger partial charge in [0, 0.05) is 0 Å². The maximum Gasteiger partial charge on any atom is 0.322 e. The largest absolute Gasteiger partial charge is 0.466 e. The summed E-state index contributed by atoms with van der Waals surface area (Å²) in [7, 11) is 0. The van der Waals surface area contributed by atoms with Crippen molar-refractivity contribution >= 4 is 17.9 Å². The number of imide groups is 1. The summed E-state index contributed by atoms with van der Waals surface area (Å²) in [6.45, 7) is 7.08. The molecule has 1 heterocycles. The lowest BCUT2D eigenvalue weighted by atomic mass is 9.76. The van der Waals surface area contributed by atoms with Gasteiger partial charge < -0.3 is 10.1 Å². The molecule has 0 bridgehead atoms. The molecule has 0 aliphatic carbocycles. The third-order valence-electron chi connectivity index (χ3n) is 3.16. The number of carbonyl (C=O) groups is 3. The molecule has 17 heavy (non-hydrogen) atoms. The molecule has 6 heteroatoms. The highest BCUT2D eigenvalue weighted by atomic mass is 16.5. The van der Waals surface area contributed by atoms with E-state index in [4.69, 9.17) is 4.74 Å². The first-order valence-corrected chi connectivity index (χ1v) is 5.66. The van der Waals surface area contributed by atoms with Gasteiger partial charge in [0.05, 0.1) is 12.5 Å². The monoisotopic (exact) mass is 242 g/mol. The third kappa shape index (κ3) is 2.11. The molecule has 2 atom stereocenters. The van der Waals surface area contributed by atoms with Gasteiger partial charge in [0.15, 0.2) is 0 Å². The van der Waals surface area contributed by atoms with Crippen LogP contribution in [0, 0.1) is 11.8 Å². The molecule has 96 valence electrons. The molecule has 1 rings (SSSR count). The van der Waals surface area contributed by atoms with Crippen LogP contribution >= 0.6 is 0 Å². The fourth-order valence-corrected chi connectivity index (χ4v) is 2.15. The van der Waals surface area contributed by atoms with Gasteiger partial charge in [0.25, 0.3) is 5.91 Å². The maximum atomic E-state index is 11.9. The highest BCUT2D eigenvalue weighted by Gasteiger charge is 2.55. The number of hydrogen-bond donors (Lipinski definition) is 2. The molecule has 6 nitrogen and oxygen atoms in total. The number of hydrogen-bond acceptors (Lipinski definition) is 4. The van der Waals surface area contributed by atoms with E-state index < -0.39 is 29.4 Å². The molecule has 0 aromatic heterocycles. The zero-order valence-electron chi connectivity index (χ0n) is 10.5. The van der Waals surface area contributed by atoms with Crippen LogP contribution in [-0.2, 0) is 14.3 Å². The normalized spacial score (nSPS) is 25.5. The van der Waals surface area contributed by atoms with Crippen molar-refractivity contribution in [2.45, 2.75) is 33.2 Å². The Morgan fingerprint density at radius 1 is 1.35 bits per heavy atom. The molecule has 0 aromatic carbocycles. The fraction of sp³-hybridized carbons (Fsp3) is 0.727. The van der Waals surface area contributed by atoms with E-state index >= 15 is 0 Å². The van der Waals surface area contributed by atoms with Gasteiger partial charge in [-0.1, -0.05) is 13.8 Å². The summed E-state index contributed by atoms with van der Waals surface area (Å²) >= 11 is 0. The van der Waals surface area contributed by atoms with E-state index in [-0.39, 0.29) is 12.5 Å². The Kier molecular flexibility index (Phi) is 3.75. The lowest BCUT2D eigenvalue weighted by molar-refractivity contribution is -0.154. The zero-order chi connectivity index (χ0) is 13.2. The standard InChI is InChI=1S/C11H18N2O4/c1-5-17-8(14)7(4)11(6(2)3)9(15)12-10(16)13-11/h6-7H,5H2,1-4H3,(H2,12,13,15,16)/t7-,11-/m1/s1. The van der Waals surface area contributed by atoms with Gasteiger partial charge in [0.2, 0.25) is 0 Å². The van der Waals surface area contributed by atoms with E-state index in [1.165, 1.54) is 0 Å². The smallest absolute Gasteiger partial charge is 0.322 e. The Balaban J connectivity index is 3.05. The highest BCUT2D eigenvalue weighted by Crippen LogP contribution is 2.30. The van der Waals surface area contributed by atoms with Crippen LogP contribution in [0.15, 0.2) is 0 Å². The van der Waals surface area contributed by atoms with E-state index in [1.54, 1.807) is 27.7 Å². The summed E-state index contributed by atoms with van der Waals surface area (Å²) in [5.41, 5.74) is -1.22. The number of amides is 3. The van der Waals surface area contributed by atoms with E-state index in [1.807, 2.05) is 0 Å². The van der Waals surface area contributed by atoms with Crippen LogP contribution < -0.4 is 10.6 Å². The van der Waals surface area contributed by atoms with E-state index in [0.29, 0.717) is 0 Å². The number of urea groups is 1. The van der Waals surface area contributed by atoms with Gasteiger partial charge in [0.1, 0.15) is 5.54 Å². The van der Waals surface area contributed by atoms with Crippen molar-refractivity contribution in [1.29, 1.82) is 0 Å². The number of rotatable bonds is 4. The number of carbonyl (C=O) groups excluding carboxylic acids is 3. The minimum Gasteiger partial charge on any atom is -0.466 e. The van der Waals surface area contributed by atoms with Gasteiger partial charge in [-0.2, -0.15) is 0 Å². The van der Waals surface area contributed by atoms with E-state index in [2.05, 4.69) is 10.6 Å². The first kappa shape index (κ1) is 13.5. The first-order valence-electron chi connectivity index (χ1n) is 5.66. The predicted molar refractivity (Wildman–Crippen MR) is 60.0 cm³/mol. The van der Waals surface area contributed by atoms with Crippen LogP contribution in [0.1, 0.15) is 27.7 Å². The van der Waals surface area contributed by atoms with Crippen molar-refractivity contribution < 1.29 is 19.1 Å². The lowest BCUT2D eigenvalue weighted by Gasteiger charge is -2.34. The van der Waals surface area contributed by atoms with Gasteiger partial charge in [-0.3, -0.25) is 14.9 Å². The van der Waals surface area contributed by atoms with Crippen LogP contribution in [-0.4, -0.2) is 30.1 Å². The SMILES string of the molecule is CCOC(=O)[C@@H](C)[C@@]1(C(C)C)NC(=O)NC1=O. The average molecular weight is 242 g/mol. The van der Waals surface area contributed by atoms with Crippen LogP contribution in [0.5, 0.6) is 0 Å². The third-order valence-corrected chi connectivity index (χ3v) is 3.16. The van der Waals surface area contributed by atoms with Crippen LogP contribution in [0.2, 0.25) is 0 Å². The van der Waals surface area contributed by atoms with Crippen LogP contribution in [0.3, 0.4) is 0 Å². The summed E-state index contributed by atoms with van der Waals surface area (Å²) < 4.78 is 4.90. The molecular formula is C11H18N2O4. The summed E-state index contributed by atoms with van der Waals surface area (Å²) in [6.07, 6.45) is 0. The van der Waals surface area contributed by atoms with E-state index in [9.17, 15) is 14.4 Å². The molecular weight excluding hydrogens is 224 g/mol. The van der Waals surface area contributed by atoms with Crippen molar-refractivity contribution in [3.05, 3.63) is 0 Å². The van der Waals surface area contributed by atoms with Crippen molar-refractivity contribution in [2.24, 2.45) is 11.8 Å². The first-order chi connectivity index (χ1) is 7.86. The number of esters is 1. The Hall–Kier alpha value is -1.59. The summed E-state index contributed by atoms with van der Waals surface area (Å²) in [5, 5.41) is 4.73. The topological polar surface area (TPSA) is 84.5 Å². The second-order valence-corrected chi connectivity index (χ2v) is 4.41. The van der Waals surface area contributed by atoms with Gasteiger partial charge in [-0.05, 0) is 19.8 Å². The van der Waals surface area contributed by atoms with Crippen molar-refractivity contribution in [1.82, 2.24) is 10.6 Å². The molecule has 1 saturated heterocycles. The van der Waals surface area contributed by atoms with Crippen molar-refractivity contribution in [2.75, 3.05) is 6.61 Å². The fourth-order valence-electron chi connectivity index (χ4n) is 2.15. The molecule has 3 amide bonds. The Labute approximate surface area is 100 Å². The Morgan fingerprint density at radius 2 is 1.94 bits per heavy atom. The number of nitrogens with one attached hydrogen (secondary N) is 2. The van der Waals surface area contributed by atoms with Crippen molar-refractivity contribution in [3.63, 3.8) is 0 Å². The molecule has 0 unspecified atom stereocenters. The minimum absolute atomic E-state index is 0.214. The second-order valence-electron chi connectivity index (χ2n) is 4.41. The van der Waals surface area contributed by atoms with Gasteiger partial charge >= 0.3 is 12.0 Å². The minimum atomic E-state index is -1.22. The van der Waals surface area contributed by atoms with Crippen molar-refractivity contribution in [3.8, 4) is 0 Å². The zero-order valence-corrected chi connectivity index (χ0v) is 10.5. The van der Waals surface area contributed by atoms with Crippen LogP contribution in [0.25, 0.3) is 0 Å². The quantitative estimate of drug-likeness (QED) is 0.552. The van der Waals surface area contributed by atoms with Gasteiger partial charge in [-0.25, -0.2) is 4.79 Å². The molecule has 0 radical (unpaired) electrons.